The highest BCUT2D eigenvalue weighted by Crippen LogP contribution is 2.36. The number of aliphatic imine (C=N–C) groups is 1. The highest BCUT2D eigenvalue weighted by atomic mass is 16.2. The average molecular weight is 485 g/mol. The third-order valence-electron chi connectivity index (χ3n) is 6.78. The predicted molar refractivity (Wildman–Crippen MR) is 150 cm³/mol. The standard InChI is InChI=1S/C29H36N6O/c1-4-12-34(29(36)5-2)14-11-33-26(19-32-3)22-6-8-24-20(15-22)10-13-35-27-9-7-21(25(31)18-30)16-23(27)17-28(24)35/h6-9,15-19,33H,3-5,10-14,30-31H2,1-2H3/b25-18-,26-19-. The van der Waals surface area contributed by atoms with E-state index in [1.54, 1.807) is 6.20 Å². The predicted octanol–water partition coefficient (Wildman–Crippen LogP) is 4.32. The zero-order chi connectivity index (χ0) is 25.7. The first-order chi connectivity index (χ1) is 17.5. The second-order valence-corrected chi connectivity index (χ2v) is 9.09. The molecule has 1 aliphatic heterocycles. The van der Waals surface area contributed by atoms with Crippen molar-refractivity contribution in [1.29, 1.82) is 0 Å². The molecule has 3 aromatic rings. The molecular formula is C29H36N6O. The van der Waals surface area contributed by atoms with Gasteiger partial charge in [-0.25, -0.2) is 0 Å². The fourth-order valence-electron chi connectivity index (χ4n) is 4.95. The van der Waals surface area contributed by atoms with Gasteiger partial charge in [0.25, 0.3) is 0 Å². The minimum absolute atomic E-state index is 0.184. The number of nitrogens with one attached hydrogen (secondary N) is 1. The van der Waals surface area contributed by atoms with E-state index in [9.17, 15) is 4.79 Å². The molecule has 188 valence electrons. The normalized spacial score (nSPS) is 13.3. The number of aryl methyl sites for hydroxylation is 2. The zero-order valence-electron chi connectivity index (χ0n) is 21.3. The van der Waals surface area contributed by atoms with Crippen LogP contribution in [0.25, 0.3) is 33.6 Å². The van der Waals surface area contributed by atoms with Gasteiger partial charge in [-0.15, -0.1) is 0 Å². The number of benzene rings is 2. The van der Waals surface area contributed by atoms with Gasteiger partial charge in [-0.1, -0.05) is 32.0 Å². The minimum atomic E-state index is 0.184. The second-order valence-electron chi connectivity index (χ2n) is 9.09. The van der Waals surface area contributed by atoms with Gasteiger partial charge in [0.2, 0.25) is 5.91 Å². The van der Waals surface area contributed by atoms with E-state index >= 15 is 0 Å². The monoisotopic (exact) mass is 484 g/mol. The lowest BCUT2D eigenvalue weighted by atomic mass is 9.95. The van der Waals surface area contributed by atoms with E-state index in [0.717, 1.165) is 48.1 Å². The molecule has 0 bridgehead atoms. The van der Waals surface area contributed by atoms with Crippen molar-refractivity contribution in [3.8, 4) is 11.3 Å². The lowest BCUT2D eigenvalue weighted by Crippen LogP contribution is -2.36. The zero-order valence-corrected chi connectivity index (χ0v) is 21.3. The summed E-state index contributed by atoms with van der Waals surface area (Å²) >= 11 is 0. The van der Waals surface area contributed by atoms with Gasteiger partial charge in [-0.05, 0) is 60.5 Å². The molecule has 2 aromatic carbocycles. The highest BCUT2D eigenvalue weighted by Gasteiger charge is 2.20. The average Bonchev–Trinajstić information content (AvgIpc) is 3.29. The van der Waals surface area contributed by atoms with Gasteiger partial charge >= 0.3 is 0 Å². The van der Waals surface area contributed by atoms with Crippen molar-refractivity contribution in [3.05, 3.63) is 71.6 Å². The van der Waals surface area contributed by atoms with Gasteiger partial charge < -0.3 is 26.3 Å². The summed E-state index contributed by atoms with van der Waals surface area (Å²) in [6.45, 7) is 10.6. The van der Waals surface area contributed by atoms with Crippen LogP contribution in [0.2, 0.25) is 0 Å². The molecule has 0 fully saturated rings. The SMILES string of the molecule is C=N/C=C(\NCCN(CCC)C(=O)CC)c1ccc2c(c1)CCn1c-2cc2cc(/C(N)=C/N)ccc21. The first-order valence-corrected chi connectivity index (χ1v) is 12.6. The second kappa shape index (κ2) is 11.2. The molecular weight excluding hydrogens is 448 g/mol. The van der Waals surface area contributed by atoms with Gasteiger partial charge in [-0.3, -0.25) is 9.79 Å². The number of hydrogen-bond acceptors (Lipinski definition) is 5. The third kappa shape index (κ3) is 5.00. The van der Waals surface area contributed by atoms with E-state index in [4.69, 9.17) is 11.5 Å². The maximum absolute atomic E-state index is 12.2. The van der Waals surface area contributed by atoms with Crippen LogP contribution >= 0.6 is 0 Å². The van der Waals surface area contributed by atoms with Crippen LogP contribution in [0.3, 0.4) is 0 Å². The molecule has 7 nitrogen and oxygen atoms in total. The Kier molecular flexibility index (Phi) is 7.78. The minimum Gasteiger partial charge on any atom is -0.403 e. The van der Waals surface area contributed by atoms with Crippen LogP contribution in [0.15, 0.2) is 59.9 Å². The molecule has 36 heavy (non-hydrogen) atoms. The third-order valence-corrected chi connectivity index (χ3v) is 6.78. The van der Waals surface area contributed by atoms with Crippen molar-refractivity contribution in [2.75, 3.05) is 19.6 Å². The van der Waals surface area contributed by atoms with Crippen LogP contribution in [0.5, 0.6) is 0 Å². The largest absolute Gasteiger partial charge is 0.403 e. The first kappa shape index (κ1) is 25.1. The summed E-state index contributed by atoms with van der Waals surface area (Å²) in [5.41, 5.74) is 20.1. The van der Waals surface area contributed by atoms with Crippen molar-refractivity contribution in [1.82, 2.24) is 14.8 Å². The number of fused-ring (bicyclic) bond motifs is 5. The van der Waals surface area contributed by atoms with Crippen molar-refractivity contribution < 1.29 is 4.79 Å². The number of aromatic nitrogens is 1. The number of nitrogens with two attached hydrogens (primary N) is 2. The van der Waals surface area contributed by atoms with Gasteiger partial charge in [0.05, 0.1) is 11.4 Å². The number of amides is 1. The number of hydrogen-bond donors (Lipinski definition) is 3. The Hall–Kier alpha value is -4.00. The molecule has 0 radical (unpaired) electrons. The summed E-state index contributed by atoms with van der Waals surface area (Å²) in [5, 5.41) is 4.63. The summed E-state index contributed by atoms with van der Waals surface area (Å²) in [6, 6.07) is 15.0. The molecule has 0 aliphatic carbocycles. The number of carbonyl (C=O) groups excluding carboxylic acids is 1. The van der Waals surface area contributed by atoms with E-state index in [2.05, 4.69) is 64.9 Å². The van der Waals surface area contributed by atoms with Crippen LogP contribution in [0, 0.1) is 0 Å². The molecule has 0 saturated heterocycles. The molecule has 0 unspecified atom stereocenters. The molecule has 2 heterocycles. The Morgan fingerprint density at radius 2 is 1.97 bits per heavy atom. The van der Waals surface area contributed by atoms with E-state index in [1.807, 2.05) is 17.9 Å². The van der Waals surface area contributed by atoms with Crippen molar-refractivity contribution in [2.45, 2.75) is 39.7 Å². The quantitative estimate of drug-likeness (QED) is 0.373. The maximum Gasteiger partial charge on any atom is 0.222 e. The van der Waals surface area contributed by atoms with E-state index < -0.39 is 0 Å². The molecule has 4 rings (SSSR count). The lowest BCUT2D eigenvalue weighted by Gasteiger charge is -2.23. The van der Waals surface area contributed by atoms with Crippen LogP contribution in [-0.4, -0.2) is 41.7 Å². The molecule has 0 saturated carbocycles. The van der Waals surface area contributed by atoms with Gasteiger partial charge in [0, 0.05) is 67.2 Å². The number of carbonyl (C=O) groups is 1. The number of nitrogens with zero attached hydrogens (tertiary/aromatic N) is 3. The fraction of sp³-hybridized carbons (Fsp3) is 0.310. The van der Waals surface area contributed by atoms with Crippen LogP contribution in [0.4, 0.5) is 0 Å². The van der Waals surface area contributed by atoms with Gasteiger partial charge in [0.1, 0.15) is 0 Å². The summed E-state index contributed by atoms with van der Waals surface area (Å²) in [4.78, 5) is 18.1. The van der Waals surface area contributed by atoms with Crippen LogP contribution in [0.1, 0.15) is 43.4 Å². The summed E-state index contributed by atoms with van der Waals surface area (Å²) in [6.07, 6.45) is 5.61. The fourth-order valence-corrected chi connectivity index (χ4v) is 4.95. The van der Waals surface area contributed by atoms with Gasteiger partial charge in [-0.2, -0.15) is 0 Å². The molecule has 5 N–H and O–H groups in total. The maximum atomic E-state index is 12.2. The summed E-state index contributed by atoms with van der Waals surface area (Å²) in [5.74, 6) is 0.184. The summed E-state index contributed by atoms with van der Waals surface area (Å²) in [7, 11) is 0. The smallest absolute Gasteiger partial charge is 0.222 e. The topological polar surface area (TPSA) is 102 Å². The van der Waals surface area contributed by atoms with Crippen molar-refractivity contribution in [2.24, 2.45) is 16.5 Å². The Bertz CT molecular complexity index is 1330. The molecule has 7 heteroatoms. The van der Waals surface area contributed by atoms with Crippen molar-refractivity contribution in [3.63, 3.8) is 0 Å². The highest BCUT2D eigenvalue weighted by molar-refractivity contribution is 5.91. The Morgan fingerprint density at radius 3 is 2.69 bits per heavy atom. The Balaban J connectivity index is 1.58. The van der Waals surface area contributed by atoms with E-state index in [1.165, 1.54) is 28.5 Å². The Labute approximate surface area is 213 Å². The van der Waals surface area contributed by atoms with E-state index in [-0.39, 0.29) is 5.91 Å². The van der Waals surface area contributed by atoms with Gasteiger partial charge in [0.15, 0.2) is 0 Å². The number of rotatable bonds is 10. The van der Waals surface area contributed by atoms with Crippen molar-refractivity contribution >= 4 is 34.9 Å². The molecule has 0 atom stereocenters. The summed E-state index contributed by atoms with van der Waals surface area (Å²) < 4.78 is 2.37. The van der Waals surface area contributed by atoms with Crippen LogP contribution in [-0.2, 0) is 17.8 Å². The molecule has 1 aliphatic rings. The molecule has 1 aromatic heterocycles. The van der Waals surface area contributed by atoms with E-state index in [0.29, 0.717) is 25.2 Å². The Morgan fingerprint density at radius 1 is 1.17 bits per heavy atom. The van der Waals surface area contributed by atoms with Crippen LogP contribution < -0.4 is 16.8 Å². The molecule has 1 amide bonds. The first-order valence-electron chi connectivity index (χ1n) is 12.6. The lowest BCUT2D eigenvalue weighted by molar-refractivity contribution is -0.130. The molecule has 0 spiro atoms.